The average Bonchev–Trinajstić information content (AvgIpc) is 2.77. The quantitative estimate of drug-likeness (QED) is 0.589. The van der Waals surface area contributed by atoms with Gasteiger partial charge in [0.05, 0.1) is 11.6 Å². The van der Waals surface area contributed by atoms with Crippen molar-refractivity contribution >= 4 is 33.6 Å². The average molecular weight is 300 g/mol. The van der Waals surface area contributed by atoms with Crippen LogP contribution in [0.4, 0.5) is 10.2 Å². The van der Waals surface area contributed by atoms with Gasteiger partial charge in [-0.2, -0.15) is 5.10 Å². The molecule has 2 aromatic heterocycles. The van der Waals surface area contributed by atoms with E-state index in [9.17, 15) is 4.39 Å². The van der Waals surface area contributed by atoms with Crippen molar-refractivity contribution < 1.29 is 4.39 Å². The lowest BCUT2D eigenvalue weighted by molar-refractivity contribution is 0.626. The fourth-order valence-electron chi connectivity index (χ4n) is 2.01. The van der Waals surface area contributed by atoms with Crippen LogP contribution in [0.25, 0.3) is 10.2 Å². The molecular weight excluding hydrogens is 287 g/mol. The molecule has 0 saturated carbocycles. The van der Waals surface area contributed by atoms with Crippen LogP contribution in [0, 0.1) is 19.7 Å². The standard InChI is InChI=1S/C15H13FN4S/c1-9-10(2)21-15-13(9)14(17-8-18-15)20-19-7-11-5-3-4-6-12(11)16/h3-8H,1-2H3,(H,17,18,20)/b19-7-. The molecule has 0 amide bonds. The van der Waals surface area contributed by atoms with Crippen LogP contribution in [0.15, 0.2) is 35.7 Å². The van der Waals surface area contributed by atoms with Crippen molar-refractivity contribution in [3.8, 4) is 0 Å². The number of hydrogen-bond acceptors (Lipinski definition) is 5. The smallest absolute Gasteiger partial charge is 0.158 e. The van der Waals surface area contributed by atoms with Gasteiger partial charge in [-0.3, -0.25) is 5.43 Å². The van der Waals surface area contributed by atoms with Gasteiger partial charge < -0.3 is 0 Å². The van der Waals surface area contributed by atoms with Gasteiger partial charge in [-0.1, -0.05) is 18.2 Å². The molecule has 1 N–H and O–H groups in total. The SMILES string of the molecule is Cc1sc2ncnc(N/N=C\c3ccccc3F)c2c1C. The maximum absolute atomic E-state index is 13.5. The summed E-state index contributed by atoms with van der Waals surface area (Å²) in [6, 6.07) is 6.47. The minimum absolute atomic E-state index is 0.307. The Kier molecular flexibility index (Phi) is 3.62. The minimum atomic E-state index is -0.307. The van der Waals surface area contributed by atoms with Crippen LogP contribution in [0.1, 0.15) is 16.0 Å². The number of benzene rings is 1. The number of halogens is 1. The summed E-state index contributed by atoms with van der Waals surface area (Å²) in [5.74, 6) is 0.327. The topological polar surface area (TPSA) is 50.2 Å². The second kappa shape index (κ2) is 5.57. The number of hydrazone groups is 1. The summed E-state index contributed by atoms with van der Waals surface area (Å²) in [6.07, 6.45) is 2.94. The van der Waals surface area contributed by atoms with Gasteiger partial charge in [0.25, 0.3) is 0 Å². The first-order chi connectivity index (χ1) is 10.2. The van der Waals surface area contributed by atoms with Crippen LogP contribution >= 0.6 is 11.3 Å². The Bertz CT molecular complexity index is 826. The first kappa shape index (κ1) is 13.6. The highest BCUT2D eigenvalue weighted by Crippen LogP contribution is 2.32. The molecule has 0 bridgehead atoms. The second-order valence-corrected chi connectivity index (χ2v) is 5.78. The number of anilines is 1. The monoisotopic (exact) mass is 300 g/mol. The van der Waals surface area contributed by atoms with Crippen LogP contribution < -0.4 is 5.43 Å². The number of nitrogens with one attached hydrogen (secondary N) is 1. The highest BCUT2D eigenvalue weighted by atomic mass is 32.1. The van der Waals surface area contributed by atoms with Gasteiger partial charge in [-0.05, 0) is 25.5 Å². The van der Waals surface area contributed by atoms with Gasteiger partial charge in [0, 0.05) is 10.4 Å². The van der Waals surface area contributed by atoms with E-state index in [0.29, 0.717) is 11.4 Å². The van der Waals surface area contributed by atoms with Crippen molar-refractivity contribution in [3.05, 3.63) is 52.4 Å². The summed E-state index contributed by atoms with van der Waals surface area (Å²) >= 11 is 1.62. The van der Waals surface area contributed by atoms with Crippen molar-refractivity contribution in [2.45, 2.75) is 13.8 Å². The zero-order valence-corrected chi connectivity index (χ0v) is 12.4. The normalized spacial score (nSPS) is 11.4. The maximum Gasteiger partial charge on any atom is 0.158 e. The molecule has 4 nitrogen and oxygen atoms in total. The summed E-state index contributed by atoms with van der Waals surface area (Å²) in [7, 11) is 0. The van der Waals surface area contributed by atoms with Gasteiger partial charge >= 0.3 is 0 Å². The Morgan fingerprint density at radius 2 is 2.05 bits per heavy atom. The van der Waals surface area contributed by atoms with Crippen LogP contribution in [-0.2, 0) is 0 Å². The van der Waals surface area contributed by atoms with E-state index in [2.05, 4.69) is 20.5 Å². The second-order valence-electron chi connectivity index (χ2n) is 4.58. The predicted octanol–water partition coefficient (Wildman–Crippen LogP) is 3.89. The third-order valence-corrected chi connectivity index (χ3v) is 4.36. The van der Waals surface area contributed by atoms with Gasteiger partial charge in [-0.15, -0.1) is 11.3 Å². The first-order valence-corrected chi connectivity index (χ1v) is 7.23. The third kappa shape index (κ3) is 2.62. The fourth-order valence-corrected chi connectivity index (χ4v) is 3.01. The molecule has 0 spiro atoms. The van der Waals surface area contributed by atoms with Gasteiger partial charge in [0.2, 0.25) is 0 Å². The Hall–Kier alpha value is -2.34. The van der Waals surface area contributed by atoms with E-state index in [0.717, 1.165) is 15.8 Å². The summed E-state index contributed by atoms with van der Waals surface area (Å²) in [4.78, 5) is 10.6. The van der Waals surface area contributed by atoms with E-state index in [1.165, 1.54) is 23.5 Å². The molecule has 0 saturated heterocycles. The molecule has 0 unspecified atom stereocenters. The molecule has 0 aliphatic carbocycles. The highest BCUT2D eigenvalue weighted by molar-refractivity contribution is 7.18. The molecule has 0 aliphatic rings. The molecule has 6 heteroatoms. The van der Waals surface area contributed by atoms with Crippen LogP contribution in [0.5, 0.6) is 0 Å². The number of fused-ring (bicyclic) bond motifs is 1. The largest absolute Gasteiger partial charge is 0.261 e. The molecule has 3 rings (SSSR count). The number of hydrogen-bond donors (Lipinski definition) is 1. The summed E-state index contributed by atoms with van der Waals surface area (Å²) in [6.45, 7) is 4.08. The molecule has 0 fully saturated rings. The van der Waals surface area contributed by atoms with Gasteiger partial charge in [-0.25, -0.2) is 14.4 Å². The van der Waals surface area contributed by atoms with Crippen LogP contribution in [0.3, 0.4) is 0 Å². The van der Waals surface area contributed by atoms with E-state index in [-0.39, 0.29) is 5.82 Å². The van der Waals surface area contributed by atoms with Crippen molar-refractivity contribution in [3.63, 3.8) is 0 Å². The predicted molar refractivity (Wildman–Crippen MR) is 84.5 cm³/mol. The van der Waals surface area contributed by atoms with Gasteiger partial charge in [0.1, 0.15) is 17.0 Å². The number of aryl methyl sites for hydroxylation is 2. The zero-order chi connectivity index (χ0) is 14.8. The number of thiophene rings is 1. The van der Waals surface area contributed by atoms with Crippen LogP contribution in [0.2, 0.25) is 0 Å². The Balaban J connectivity index is 1.91. The molecule has 2 heterocycles. The lowest BCUT2D eigenvalue weighted by Gasteiger charge is -2.02. The minimum Gasteiger partial charge on any atom is -0.261 e. The molecule has 0 radical (unpaired) electrons. The van der Waals surface area contributed by atoms with Crippen LogP contribution in [-0.4, -0.2) is 16.2 Å². The lowest BCUT2D eigenvalue weighted by Crippen LogP contribution is -1.96. The Morgan fingerprint density at radius 3 is 2.86 bits per heavy atom. The van der Waals surface area contributed by atoms with E-state index < -0.39 is 0 Å². The fraction of sp³-hybridized carbons (Fsp3) is 0.133. The number of nitrogens with zero attached hydrogens (tertiary/aromatic N) is 3. The highest BCUT2D eigenvalue weighted by Gasteiger charge is 2.11. The van der Waals surface area contributed by atoms with E-state index in [4.69, 9.17) is 0 Å². The van der Waals surface area contributed by atoms with Crippen molar-refractivity contribution in [1.29, 1.82) is 0 Å². The first-order valence-electron chi connectivity index (χ1n) is 6.41. The van der Waals surface area contributed by atoms with Crippen molar-refractivity contribution in [1.82, 2.24) is 9.97 Å². The summed E-state index contributed by atoms with van der Waals surface area (Å²) < 4.78 is 13.5. The van der Waals surface area contributed by atoms with Crippen molar-refractivity contribution in [2.24, 2.45) is 5.10 Å². The Morgan fingerprint density at radius 1 is 1.24 bits per heavy atom. The zero-order valence-electron chi connectivity index (χ0n) is 11.6. The van der Waals surface area contributed by atoms with E-state index in [1.54, 1.807) is 29.5 Å². The summed E-state index contributed by atoms with van der Waals surface area (Å²) in [5, 5.41) is 5.04. The molecular formula is C15H13FN4S. The van der Waals surface area contributed by atoms with Gasteiger partial charge in [0.15, 0.2) is 5.82 Å². The van der Waals surface area contributed by atoms with E-state index >= 15 is 0 Å². The third-order valence-electron chi connectivity index (χ3n) is 3.24. The molecule has 0 aliphatic heterocycles. The van der Waals surface area contributed by atoms with E-state index in [1.807, 2.05) is 13.8 Å². The number of aromatic nitrogens is 2. The Labute approximate surface area is 125 Å². The van der Waals surface area contributed by atoms with Crippen molar-refractivity contribution in [2.75, 3.05) is 5.43 Å². The number of rotatable bonds is 3. The molecule has 3 aromatic rings. The lowest BCUT2D eigenvalue weighted by atomic mass is 10.2. The molecule has 106 valence electrons. The molecule has 21 heavy (non-hydrogen) atoms. The molecule has 1 aromatic carbocycles. The maximum atomic E-state index is 13.5. The molecule has 0 atom stereocenters. The summed E-state index contributed by atoms with van der Waals surface area (Å²) in [5.41, 5.74) is 4.44.